The molecule has 0 radical (unpaired) electrons. The number of carboxylic acid groups (broad SMARTS) is 1. The predicted octanol–water partition coefficient (Wildman–Crippen LogP) is 3.80. The summed E-state index contributed by atoms with van der Waals surface area (Å²) in [6, 6.07) is 7.34. The zero-order valence-corrected chi connectivity index (χ0v) is 11.3. The van der Waals surface area contributed by atoms with Crippen molar-refractivity contribution in [1.29, 1.82) is 0 Å². The van der Waals surface area contributed by atoms with Crippen molar-refractivity contribution in [1.82, 2.24) is 0 Å². The Morgan fingerprint density at radius 3 is 2.58 bits per heavy atom. The molecule has 19 heavy (non-hydrogen) atoms. The molecule has 1 fully saturated rings. The van der Waals surface area contributed by atoms with Crippen molar-refractivity contribution in [3.05, 3.63) is 29.8 Å². The summed E-state index contributed by atoms with van der Waals surface area (Å²) in [6.45, 7) is 0. The molecule has 1 saturated carbocycles. The van der Waals surface area contributed by atoms with Crippen LogP contribution in [0.4, 0.5) is 5.69 Å². The molecule has 1 aromatic carbocycles. The minimum Gasteiger partial charge on any atom is -0.481 e. The SMILES string of the molecule is Nc1ccccc1C(CCC1CCCCC1)C(=O)O. The number of anilines is 1. The van der Waals surface area contributed by atoms with Gasteiger partial charge in [-0.3, -0.25) is 4.79 Å². The number of carbonyl (C=O) groups is 1. The van der Waals surface area contributed by atoms with Crippen molar-refractivity contribution in [2.45, 2.75) is 50.9 Å². The highest BCUT2D eigenvalue weighted by Crippen LogP contribution is 2.33. The Hall–Kier alpha value is -1.51. The van der Waals surface area contributed by atoms with E-state index in [1.54, 1.807) is 6.07 Å². The Balaban J connectivity index is 2.00. The first kappa shape index (κ1) is 13.9. The van der Waals surface area contributed by atoms with Gasteiger partial charge >= 0.3 is 5.97 Å². The monoisotopic (exact) mass is 261 g/mol. The van der Waals surface area contributed by atoms with Gasteiger partial charge in [-0.15, -0.1) is 0 Å². The maximum Gasteiger partial charge on any atom is 0.311 e. The maximum absolute atomic E-state index is 11.5. The van der Waals surface area contributed by atoms with Gasteiger partial charge in [-0.05, 0) is 30.4 Å². The van der Waals surface area contributed by atoms with E-state index < -0.39 is 11.9 Å². The molecule has 0 aromatic heterocycles. The quantitative estimate of drug-likeness (QED) is 0.792. The molecular weight excluding hydrogens is 238 g/mol. The van der Waals surface area contributed by atoms with Crippen LogP contribution < -0.4 is 5.73 Å². The summed E-state index contributed by atoms with van der Waals surface area (Å²) in [4.78, 5) is 11.5. The molecule has 0 heterocycles. The zero-order chi connectivity index (χ0) is 13.7. The van der Waals surface area contributed by atoms with E-state index in [1.807, 2.05) is 18.2 Å². The molecule has 1 atom stereocenters. The van der Waals surface area contributed by atoms with E-state index in [4.69, 9.17) is 5.73 Å². The van der Waals surface area contributed by atoms with Crippen molar-refractivity contribution >= 4 is 11.7 Å². The van der Waals surface area contributed by atoms with Gasteiger partial charge in [-0.25, -0.2) is 0 Å². The number of benzene rings is 1. The second kappa shape index (κ2) is 6.60. The van der Waals surface area contributed by atoms with Gasteiger partial charge in [0.25, 0.3) is 0 Å². The standard InChI is InChI=1S/C16H23NO2/c17-15-9-5-4-8-13(15)14(16(18)19)11-10-12-6-2-1-3-7-12/h4-5,8-9,12,14H,1-3,6-7,10-11,17H2,(H,18,19). The van der Waals surface area contributed by atoms with E-state index in [0.29, 0.717) is 18.0 Å². The number of rotatable bonds is 5. The summed E-state index contributed by atoms with van der Waals surface area (Å²) in [5.41, 5.74) is 7.27. The van der Waals surface area contributed by atoms with E-state index in [1.165, 1.54) is 32.1 Å². The van der Waals surface area contributed by atoms with Crippen LogP contribution in [0.2, 0.25) is 0 Å². The molecule has 0 aliphatic heterocycles. The lowest BCUT2D eigenvalue weighted by atomic mass is 9.82. The van der Waals surface area contributed by atoms with Gasteiger partial charge in [0.05, 0.1) is 5.92 Å². The number of para-hydroxylation sites is 1. The van der Waals surface area contributed by atoms with Crippen LogP contribution in [0.5, 0.6) is 0 Å². The normalized spacial score (nSPS) is 18.1. The summed E-state index contributed by atoms with van der Waals surface area (Å²) in [5.74, 6) is -0.502. The van der Waals surface area contributed by atoms with Gasteiger partial charge in [0.15, 0.2) is 0 Å². The molecule has 1 aliphatic rings. The summed E-state index contributed by atoms with van der Waals surface area (Å²) in [5, 5.41) is 9.43. The Labute approximate surface area is 114 Å². The third-order valence-corrected chi connectivity index (χ3v) is 4.26. The van der Waals surface area contributed by atoms with E-state index in [0.717, 1.165) is 12.0 Å². The second-order valence-corrected chi connectivity index (χ2v) is 5.60. The zero-order valence-electron chi connectivity index (χ0n) is 11.3. The fraction of sp³-hybridized carbons (Fsp3) is 0.562. The Kier molecular flexibility index (Phi) is 4.83. The van der Waals surface area contributed by atoms with Crippen LogP contribution in [0.15, 0.2) is 24.3 Å². The maximum atomic E-state index is 11.5. The van der Waals surface area contributed by atoms with Gasteiger partial charge in [0.1, 0.15) is 0 Å². The van der Waals surface area contributed by atoms with Gasteiger partial charge in [-0.2, -0.15) is 0 Å². The average molecular weight is 261 g/mol. The highest BCUT2D eigenvalue weighted by Gasteiger charge is 2.23. The fourth-order valence-corrected chi connectivity index (χ4v) is 3.12. The van der Waals surface area contributed by atoms with Crippen LogP contribution in [0.25, 0.3) is 0 Å². The smallest absolute Gasteiger partial charge is 0.311 e. The molecule has 3 heteroatoms. The lowest BCUT2D eigenvalue weighted by Crippen LogP contribution is -2.16. The highest BCUT2D eigenvalue weighted by atomic mass is 16.4. The lowest BCUT2D eigenvalue weighted by Gasteiger charge is -2.23. The largest absolute Gasteiger partial charge is 0.481 e. The van der Waals surface area contributed by atoms with Gasteiger partial charge in [-0.1, -0.05) is 50.3 Å². The van der Waals surface area contributed by atoms with Crippen LogP contribution in [-0.2, 0) is 4.79 Å². The number of hydrogen-bond donors (Lipinski definition) is 2. The molecule has 2 rings (SSSR count). The summed E-state index contributed by atoms with van der Waals surface area (Å²) >= 11 is 0. The Morgan fingerprint density at radius 2 is 1.95 bits per heavy atom. The van der Waals surface area contributed by atoms with E-state index in [-0.39, 0.29) is 0 Å². The number of nitrogen functional groups attached to an aromatic ring is 1. The highest BCUT2D eigenvalue weighted by molar-refractivity contribution is 5.78. The minimum atomic E-state index is -0.756. The number of carboxylic acids is 1. The minimum absolute atomic E-state index is 0.455. The molecule has 1 aromatic rings. The number of hydrogen-bond acceptors (Lipinski definition) is 2. The second-order valence-electron chi connectivity index (χ2n) is 5.60. The first-order valence-corrected chi connectivity index (χ1v) is 7.25. The lowest BCUT2D eigenvalue weighted by molar-refractivity contribution is -0.139. The van der Waals surface area contributed by atoms with Crippen molar-refractivity contribution in [2.75, 3.05) is 5.73 Å². The first-order valence-electron chi connectivity index (χ1n) is 7.25. The Morgan fingerprint density at radius 1 is 1.26 bits per heavy atom. The van der Waals surface area contributed by atoms with E-state index in [9.17, 15) is 9.90 Å². The van der Waals surface area contributed by atoms with Crippen LogP contribution in [0.3, 0.4) is 0 Å². The fourth-order valence-electron chi connectivity index (χ4n) is 3.12. The third-order valence-electron chi connectivity index (χ3n) is 4.26. The predicted molar refractivity (Wildman–Crippen MR) is 77.0 cm³/mol. The van der Waals surface area contributed by atoms with E-state index >= 15 is 0 Å². The first-order chi connectivity index (χ1) is 9.18. The van der Waals surface area contributed by atoms with Crippen LogP contribution in [0.1, 0.15) is 56.4 Å². The number of nitrogens with two attached hydrogens (primary N) is 1. The van der Waals surface area contributed by atoms with Crippen molar-refractivity contribution in [3.8, 4) is 0 Å². The van der Waals surface area contributed by atoms with Crippen LogP contribution >= 0.6 is 0 Å². The summed E-state index contributed by atoms with van der Waals surface area (Å²) in [6.07, 6.45) is 8.17. The Bertz CT molecular complexity index is 425. The van der Waals surface area contributed by atoms with Crippen molar-refractivity contribution in [2.24, 2.45) is 5.92 Å². The third kappa shape index (κ3) is 3.72. The molecule has 104 valence electrons. The average Bonchev–Trinajstić information content (AvgIpc) is 2.42. The van der Waals surface area contributed by atoms with Crippen molar-refractivity contribution in [3.63, 3.8) is 0 Å². The molecule has 3 nitrogen and oxygen atoms in total. The summed E-state index contributed by atoms with van der Waals surface area (Å²) in [7, 11) is 0. The number of aliphatic carboxylic acids is 1. The van der Waals surface area contributed by atoms with Crippen molar-refractivity contribution < 1.29 is 9.90 Å². The topological polar surface area (TPSA) is 63.3 Å². The molecule has 0 spiro atoms. The molecule has 3 N–H and O–H groups in total. The molecule has 1 unspecified atom stereocenters. The van der Waals surface area contributed by atoms with Crippen LogP contribution in [-0.4, -0.2) is 11.1 Å². The van der Waals surface area contributed by atoms with E-state index in [2.05, 4.69) is 0 Å². The van der Waals surface area contributed by atoms with Crippen LogP contribution in [0, 0.1) is 5.92 Å². The summed E-state index contributed by atoms with van der Waals surface area (Å²) < 4.78 is 0. The molecule has 0 saturated heterocycles. The molecule has 0 amide bonds. The molecule has 0 bridgehead atoms. The van der Waals surface area contributed by atoms with Gasteiger partial charge in [0.2, 0.25) is 0 Å². The molecular formula is C16H23NO2. The molecule has 1 aliphatic carbocycles. The van der Waals surface area contributed by atoms with Gasteiger partial charge < -0.3 is 10.8 Å². The van der Waals surface area contributed by atoms with Gasteiger partial charge in [0, 0.05) is 5.69 Å².